The van der Waals surface area contributed by atoms with E-state index in [2.05, 4.69) is 20.9 Å². The number of aromatic nitrogens is 4. The number of pyridine rings is 2. The van der Waals surface area contributed by atoms with E-state index in [1.165, 1.54) is 11.6 Å². The minimum absolute atomic E-state index is 0.179. The van der Waals surface area contributed by atoms with E-state index in [0.717, 1.165) is 42.3 Å². The van der Waals surface area contributed by atoms with Gasteiger partial charge in [0.15, 0.2) is 11.5 Å². The second-order valence-corrected chi connectivity index (χ2v) is 6.60. The number of hydrogen-bond donors (Lipinski definition) is 1. The summed E-state index contributed by atoms with van der Waals surface area (Å²) < 4.78 is 0. The molecule has 0 radical (unpaired) electrons. The Hall–Kier alpha value is -3.54. The molecule has 27 heavy (non-hydrogen) atoms. The molecular weight excluding hydrogens is 338 g/mol. The van der Waals surface area contributed by atoms with Crippen molar-refractivity contribution in [3.05, 3.63) is 82.4 Å². The van der Waals surface area contributed by atoms with E-state index in [9.17, 15) is 4.79 Å². The van der Waals surface area contributed by atoms with Crippen molar-refractivity contribution in [2.45, 2.75) is 13.0 Å². The summed E-state index contributed by atoms with van der Waals surface area (Å²) in [4.78, 5) is 30.9. The Labute approximate surface area is 155 Å². The minimum Gasteiger partial charge on any atom is -0.350 e. The molecule has 0 aliphatic carbocycles. The van der Waals surface area contributed by atoms with Crippen molar-refractivity contribution >= 4 is 17.0 Å². The molecule has 0 unspecified atom stereocenters. The minimum atomic E-state index is -0.179. The molecular formula is C21H17N5O. The van der Waals surface area contributed by atoms with Crippen LogP contribution in [0.25, 0.3) is 22.4 Å². The molecule has 4 heterocycles. The molecule has 0 atom stereocenters. The van der Waals surface area contributed by atoms with Gasteiger partial charge in [-0.25, -0.2) is 9.97 Å². The predicted octanol–water partition coefficient (Wildman–Crippen LogP) is 2.94. The van der Waals surface area contributed by atoms with Gasteiger partial charge >= 0.3 is 0 Å². The molecule has 0 fully saturated rings. The number of benzene rings is 1. The lowest BCUT2D eigenvalue weighted by molar-refractivity contribution is 0.703. The standard InChI is InChI=1S/C21H17N5O/c27-18-9-8-17-20(24-18)25-19(14-5-2-1-3-6-14)21(23-17)26-12-10-16-15(13-26)7-4-11-22-16/h1-9,11H,10,12-13H2,(H,24,25,27). The summed E-state index contributed by atoms with van der Waals surface area (Å²) in [7, 11) is 0. The maximum absolute atomic E-state index is 11.7. The molecule has 0 amide bonds. The highest BCUT2D eigenvalue weighted by molar-refractivity contribution is 5.81. The summed E-state index contributed by atoms with van der Waals surface area (Å²) in [5.74, 6) is 0.829. The van der Waals surface area contributed by atoms with E-state index < -0.39 is 0 Å². The maximum Gasteiger partial charge on any atom is 0.249 e. The molecule has 6 heteroatoms. The second kappa shape index (κ2) is 6.32. The number of hydrogen-bond acceptors (Lipinski definition) is 5. The molecule has 0 spiro atoms. The van der Waals surface area contributed by atoms with Crippen molar-refractivity contribution in [1.82, 2.24) is 19.9 Å². The van der Waals surface area contributed by atoms with Gasteiger partial charge in [0.05, 0.1) is 0 Å². The number of anilines is 1. The number of nitrogens with zero attached hydrogens (tertiary/aromatic N) is 4. The second-order valence-electron chi connectivity index (χ2n) is 6.60. The van der Waals surface area contributed by atoms with Crippen LogP contribution >= 0.6 is 0 Å². The van der Waals surface area contributed by atoms with Gasteiger partial charge in [0.1, 0.15) is 11.2 Å². The third-order valence-electron chi connectivity index (χ3n) is 4.85. The molecule has 1 aromatic carbocycles. The van der Waals surface area contributed by atoms with E-state index in [0.29, 0.717) is 11.2 Å². The molecule has 0 saturated heterocycles. The first-order chi connectivity index (χ1) is 13.3. The molecule has 1 aliphatic rings. The van der Waals surface area contributed by atoms with Gasteiger partial charge in [0, 0.05) is 43.0 Å². The lowest BCUT2D eigenvalue weighted by Gasteiger charge is -2.30. The fourth-order valence-electron chi connectivity index (χ4n) is 3.52. The van der Waals surface area contributed by atoms with Crippen molar-refractivity contribution < 1.29 is 0 Å². The van der Waals surface area contributed by atoms with Gasteiger partial charge < -0.3 is 9.88 Å². The monoisotopic (exact) mass is 355 g/mol. The Bertz CT molecular complexity index is 1190. The van der Waals surface area contributed by atoms with Crippen LogP contribution in [0.2, 0.25) is 0 Å². The Balaban J connectivity index is 1.69. The summed E-state index contributed by atoms with van der Waals surface area (Å²) in [6.07, 6.45) is 2.71. The fraction of sp³-hybridized carbons (Fsp3) is 0.143. The van der Waals surface area contributed by atoms with Crippen molar-refractivity contribution in [1.29, 1.82) is 0 Å². The number of nitrogens with one attached hydrogen (secondary N) is 1. The Kier molecular flexibility index (Phi) is 3.67. The van der Waals surface area contributed by atoms with Crippen LogP contribution in [0.3, 0.4) is 0 Å². The highest BCUT2D eigenvalue weighted by atomic mass is 16.1. The maximum atomic E-state index is 11.7. The molecule has 3 aromatic heterocycles. The lowest BCUT2D eigenvalue weighted by Crippen LogP contribution is -2.32. The molecule has 0 bridgehead atoms. The quantitative estimate of drug-likeness (QED) is 0.598. The zero-order valence-electron chi connectivity index (χ0n) is 14.6. The van der Waals surface area contributed by atoms with E-state index in [1.807, 2.05) is 42.6 Å². The van der Waals surface area contributed by atoms with Crippen LogP contribution in [0.15, 0.2) is 65.6 Å². The largest absolute Gasteiger partial charge is 0.350 e. The third kappa shape index (κ3) is 2.85. The number of fused-ring (bicyclic) bond motifs is 2. The van der Waals surface area contributed by atoms with Crippen LogP contribution < -0.4 is 10.5 Å². The summed E-state index contributed by atoms with van der Waals surface area (Å²) in [5.41, 5.74) is 5.12. The van der Waals surface area contributed by atoms with Gasteiger partial charge in [0.25, 0.3) is 0 Å². The molecule has 0 saturated carbocycles. The first kappa shape index (κ1) is 15.7. The summed E-state index contributed by atoms with van der Waals surface area (Å²) >= 11 is 0. The van der Waals surface area contributed by atoms with Gasteiger partial charge in [-0.15, -0.1) is 0 Å². The average Bonchev–Trinajstić information content (AvgIpc) is 2.73. The zero-order valence-corrected chi connectivity index (χ0v) is 14.6. The lowest BCUT2D eigenvalue weighted by atomic mass is 10.0. The number of H-pyrrole nitrogens is 1. The van der Waals surface area contributed by atoms with Gasteiger partial charge in [-0.3, -0.25) is 9.78 Å². The van der Waals surface area contributed by atoms with Crippen molar-refractivity contribution in [3.63, 3.8) is 0 Å². The van der Waals surface area contributed by atoms with Crippen LogP contribution in [0.1, 0.15) is 11.3 Å². The first-order valence-corrected chi connectivity index (χ1v) is 8.92. The third-order valence-corrected chi connectivity index (χ3v) is 4.85. The Morgan fingerprint density at radius 2 is 1.85 bits per heavy atom. The van der Waals surface area contributed by atoms with Crippen LogP contribution in [0.5, 0.6) is 0 Å². The molecule has 5 rings (SSSR count). The van der Waals surface area contributed by atoms with Crippen LogP contribution in [-0.2, 0) is 13.0 Å². The first-order valence-electron chi connectivity index (χ1n) is 8.92. The van der Waals surface area contributed by atoms with E-state index in [-0.39, 0.29) is 5.56 Å². The summed E-state index contributed by atoms with van der Waals surface area (Å²) in [6, 6.07) is 17.3. The average molecular weight is 355 g/mol. The summed E-state index contributed by atoms with van der Waals surface area (Å²) in [5, 5.41) is 0. The Morgan fingerprint density at radius 1 is 0.963 bits per heavy atom. The van der Waals surface area contributed by atoms with E-state index in [4.69, 9.17) is 9.97 Å². The van der Waals surface area contributed by atoms with Crippen molar-refractivity contribution in [2.24, 2.45) is 0 Å². The molecule has 132 valence electrons. The van der Waals surface area contributed by atoms with Gasteiger partial charge in [-0.1, -0.05) is 36.4 Å². The number of rotatable bonds is 2. The molecule has 4 aromatic rings. The molecule has 1 N–H and O–H groups in total. The van der Waals surface area contributed by atoms with Crippen molar-refractivity contribution in [3.8, 4) is 11.3 Å². The summed E-state index contributed by atoms with van der Waals surface area (Å²) in [6.45, 7) is 1.57. The predicted molar refractivity (Wildman–Crippen MR) is 105 cm³/mol. The SMILES string of the molecule is O=c1ccc2nc(N3CCc4ncccc4C3)c(-c3ccccc3)nc2[nH]1. The van der Waals surface area contributed by atoms with E-state index in [1.54, 1.807) is 6.07 Å². The van der Waals surface area contributed by atoms with Crippen LogP contribution in [-0.4, -0.2) is 26.5 Å². The molecule has 1 aliphatic heterocycles. The Morgan fingerprint density at radius 3 is 2.74 bits per heavy atom. The molecule has 6 nitrogen and oxygen atoms in total. The highest BCUT2D eigenvalue weighted by Crippen LogP contribution is 2.31. The van der Waals surface area contributed by atoms with Gasteiger partial charge in [0.2, 0.25) is 5.56 Å². The van der Waals surface area contributed by atoms with Gasteiger partial charge in [-0.2, -0.15) is 0 Å². The smallest absolute Gasteiger partial charge is 0.249 e. The fourth-order valence-corrected chi connectivity index (χ4v) is 3.52. The van der Waals surface area contributed by atoms with Crippen LogP contribution in [0.4, 0.5) is 5.82 Å². The zero-order chi connectivity index (χ0) is 18.2. The van der Waals surface area contributed by atoms with Crippen LogP contribution in [0, 0.1) is 0 Å². The number of aromatic amines is 1. The van der Waals surface area contributed by atoms with E-state index >= 15 is 0 Å². The highest BCUT2D eigenvalue weighted by Gasteiger charge is 2.22. The topological polar surface area (TPSA) is 74.8 Å². The van der Waals surface area contributed by atoms with Gasteiger partial charge in [-0.05, 0) is 17.7 Å². The normalized spacial score (nSPS) is 13.6. The van der Waals surface area contributed by atoms with Crippen molar-refractivity contribution in [2.75, 3.05) is 11.4 Å².